The molecule has 16 nitrogen and oxygen atoms in total. The van der Waals surface area contributed by atoms with Gasteiger partial charge in [0.2, 0.25) is 0 Å². The molecule has 0 atom stereocenters. The lowest BCUT2D eigenvalue weighted by Crippen LogP contribution is -2.28. The van der Waals surface area contributed by atoms with E-state index in [2.05, 4.69) is 534 Å². The first kappa shape index (κ1) is 92.6. The highest BCUT2D eigenvalue weighted by Crippen LogP contribution is 2.48. The van der Waals surface area contributed by atoms with Crippen LogP contribution in [0.15, 0.2) is 485 Å². The van der Waals surface area contributed by atoms with Gasteiger partial charge in [-0.1, -0.05) is 485 Å². The van der Waals surface area contributed by atoms with Gasteiger partial charge in [-0.25, -0.2) is 29.9 Å². The molecule has 16 heteroatoms. The van der Waals surface area contributed by atoms with E-state index in [1.54, 1.807) is 0 Å². The van der Waals surface area contributed by atoms with Crippen LogP contribution in [0.2, 0.25) is 0 Å². The summed E-state index contributed by atoms with van der Waals surface area (Å²) < 4.78 is 0. The van der Waals surface area contributed by atoms with Gasteiger partial charge in [0.15, 0.2) is 45.9 Å². The van der Waals surface area contributed by atoms with Gasteiger partial charge in [0.05, 0.1) is 0 Å². The van der Waals surface area contributed by atoms with E-state index in [0.717, 1.165) is 135 Å². The zero-order chi connectivity index (χ0) is 96.6. The van der Waals surface area contributed by atoms with Gasteiger partial charge in [0, 0.05) is 105 Å². The summed E-state index contributed by atoms with van der Waals surface area (Å²) in [4.78, 5) is 68.0. The normalized spacial score (nSPS) is 11.7. The van der Waals surface area contributed by atoms with Crippen molar-refractivity contribution >= 4 is 68.1 Å². The van der Waals surface area contributed by atoms with Crippen LogP contribution in [-0.2, 0) is 105 Å². The quantitative estimate of drug-likeness (QED) is 0.0377. The highest BCUT2D eigenvalue weighted by atomic mass is 15.3. The minimum Gasteiger partial charge on any atom is -0.358 e. The van der Waals surface area contributed by atoms with Crippen molar-refractivity contribution in [2.24, 2.45) is 0 Å². The van der Waals surface area contributed by atoms with E-state index >= 15 is 0 Å². The molecule has 0 saturated carbocycles. The average Bonchev–Trinajstić information content (AvgIpc) is 1.58. The van der Waals surface area contributed by atoms with Gasteiger partial charge in [-0.2, -0.15) is 0 Å². The number of anilines is 4. The largest absolute Gasteiger partial charge is 0.358 e. The van der Waals surface area contributed by atoms with Crippen LogP contribution in [0.25, 0.3) is 45.4 Å². The lowest BCUT2D eigenvalue weighted by atomic mass is 10.1. The Hall–Kier alpha value is -17.8. The van der Waals surface area contributed by atoms with Gasteiger partial charge in [0.1, 0.15) is 45.5 Å². The highest BCUT2D eigenvalue weighted by Gasteiger charge is 2.39. The van der Waals surface area contributed by atoms with E-state index in [0.29, 0.717) is 151 Å². The molecule has 2 N–H and O–H groups in total. The predicted octanol–water partition coefficient (Wildman–Crippen LogP) is 27.2. The molecule has 0 aliphatic carbocycles. The van der Waals surface area contributed by atoms with E-state index in [1.807, 2.05) is 0 Å². The molecule has 0 saturated heterocycles. The number of nitrogens with one attached hydrogen (secondary N) is 2. The van der Waals surface area contributed by atoms with Gasteiger partial charge < -0.3 is 49.2 Å². The summed E-state index contributed by atoms with van der Waals surface area (Å²) in [5, 5.41) is 0. The summed E-state index contributed by atoms with van der Waals surface area (Å²) in [6.45, 7) is 6.95. The second-order valence-electron chi connectivity index (χ2n) is 37.0. The fourth-order valence-electron chi connectivity index (χ4n) is 19.7. The molecule has 0 unspecified atom stereocenters. The molecule has 0 amide bonds. The van der Waals surface area contributed by atoms with E-state index in [4.69, 9.17) is 29.9 Å². The molecule has 3 aromatic heterocycles. The summed E-state index contributed by atoms with van der Waals surface area (Å²) >= 11 is 0. The Labute approximate surface area is 844 Å². The van der Waals surface area contributed by atoms with Crippen LogP contribution >= 0.6 is 0 Å². The summed E-state index contributed by atoms with van der Waals surface area (Å²) in [6.07, 6.45) is 0. The van der Waals surface area contributed by atoms with Gasteiger partial charge in [-0.3, -0.25) is 0 Å². The number of hydrogen-bond donors (Lipinski definition) is 2. The van der Waals surface area contributed by atoms with Crippen molar-refractivity contribution < 1.29 is 0 Å². The van der Waals surface area contributed by atoms with Gasteiger partial charge in [-0.05, 0) is 89.0 Å². The Morgan fingerprint density at radius 1 is 0.118 bits per heavy atom. The second kappa shape index (κ2) is 45.4. The molecule has 2 aliphatic heterocycles. The molecule has 2 aliphatic rings. The minimum absolute atomic E-state index is 0.427. The molecule has 5 heterocycles. The van der Waals surface area contributed by atoms with E-state index < -0.39 is 0 Å². The molecule has 0 spiro atoms. The molecule has 21 rings (SSSR count). The van der Waals surface area contributed by atoms with Crippen molar-refractivity contribution in [3.05, 3.63) is 598 Å². The molecule has 0 radical (unpaired) electrons. The summed E-state index contributed by atoms with van der Waals surface area (Å²) in [6, 6.07) is 174. The van der Waals surface area contributed by atoms with E-state index in [-0.39, 0.29) is 0 Å². The third-order valence-corrected chi connectivity index (χ3v) is 26.4. The van der Waals surface area contributed by atoms with Crippen molar-refractivity contribution in [1.82, 2.24) is 59.5 Å². The standard InChI is InChI=1S/C128H114N16/c1-17-49-97(50-18-1)81-137(82-98-51-19-2-20-52-98)113-114(138(83-99-53-21-3-22-54-99)84-100-55-23-4-24-56-100)122-129-121(113)133-123-115(139(85-101-57-25-5-26-58-101)86-102-59-27-6-28-60-102)116(140(87-103-61-29-7-30-62-103)88-104-63-31-8-32-64-104)125(130-123)135-127-119(143(93-109-73-41-13-42-74-109)94-110-75-43-14-44-76-110)120(144(95-111-77-45-15-46-78-111)96-112-79-47-16-48-80-112)128(132-127)136-126-118(142(91-107-69-37-11-38-70-107)92-108-71-39-12-40-72-108)117(124(131-126)134-122)141(89-105-65-33-9-34-66-105)90-106-67-35-10-36-68-106/h1-80H,81-96H2,(H2,129,130,131,132,133,134,135,136). The average molecular weight is 1880 g/mol. The number of hydrogen-bond acceptors (Lipinski definition) is 14. The topological polar surface area (TPSA) is 135 Å². The van der Waals surface area contributed by atoms with Crippen molar-refractivity contribution in [2.75, 3.05) is 19.6 Å². The van der Waals surface area contributed by atoms with Crippen molar-refractivity contribution in [1.29, 1.82) is 0 Å². The van der Waals surface area contributed by atoms with Gasteiger partial charge in [0.25, 0.3) is 0 Å². The maximum atomic E-state index is 6.60. The number of H-pyrrole nitrogens is 2. The number of aromatic amines is 2. The van der Waals surface area contributed by atoms with Crippen LogP contribution in [0.3, 0.4) is 0 Å². The number of aromatic nitrogens is 8. The molecular weight excluding hydrogens is 1760 g/mol. The lowest BCUT2D eigenvalue weighted by Gasteiger charge is -2.32. The highest BCUT2D eigenvalue weighted by molar-refractivity contribution is 5.99. The molecule has 16 aromatic carbocycles. The number of fused-ring (bicyclic) bond motifs is 8. The molecular formula is C128H114N16. The Kier molecular flexibility index (Phi) is 29.2. The molecule has 8 bridgehead atoms. The smallest absolute Gasteiger partial charge is 0.182 e. The third kappa shape index (κ3) is 23.0. The zero-order valence-electron chi connectivity index (χ0n) is 80.8. The van der Waals surface area contributed by atoms with E-state index in [1.165, 1.54) is 0 Å². The Morgan fingerprint density at radius 3 is 0.319 bits per heavy atom. The minimum atomic E-state index is 0.427. The Balaban J connectivity index is 1.01. The fraction of sp³-hybridized carbons (Fsp3) is 0.125. The fourth-order valence-corrected chi connectivity index (χ4v) is 19.7. The Bertz CT molecular complexity index is 6370. The first-order valence-electron chi connectivity index (χ1n) is 49.8. The first-order chi connectivity index (χ1) is 71.3. The molecule has 0 fully saturated rings. The van der Waals surface area contributed by atoms with Gasteiger partial charge >= 0.3 is 0 Å². The van der Waals surface area contributed by atoms with Crippen molar-refractivity contribution in [3.63, 3.8) is 0 Å². The maximum Gasteiger partial charge on any atom is 0.182 e. The number of benzene rings is 16. The van der Waals surface area contributed by atoms with Crippen LogP contribution in [0.4, 0.5) is 22.7 Å². The molecule has 144 heavy (non-hydrogen) atoms. The zero-order valence-corrected chi connectivity index (χ0v) is 80.8. The summed E-state index contributed by atoms with van der Waals surface area (Å²) in [5.74, 6) is 1.71. The van der Waals surface area contributed by atoms with Crippen LogP contribution in [0.1, 0.15) is 112 Å². The van der Waals surface area contributed by atoms with Crippen LogP contribution in [-0.4, -0.2) is 59.5 Å². The first-order valence-corrected chi connectivity index (χ1v) is 49.8. The Morgan fingerprint density at radius 2 is 0.215 bits per heavy atom. The lowest BCUT2D eigenvalue weighted by molar-refractivity contribution is 0.355. The second-order valence-corrected chi connectivity index (χ2v) is 37.0. The monoisotopic (exact) mass is 1870 g/mol. The van der Waals surface area contributed by atoms with Crippen LogP contribution in [0, 0.1) is 0 Å². The summed E-state index contributed by atoms with van der Waals surface area (Å²) in [7, 11) is 0. The van der Waals surface area contributed by atoms with Crippen LogP contribution in [0.5, 0.6) is 0 Å². The SMILES string of the molecule is c1ccc(CN(Cc2ccccc2)C2=C(N(Cc3ccccc3)Cc3ccccc3)c3nc2nc2[nH]c(nc4nc(nc5[nH]c(n3)c(N(Cc3ccccc3)Cc3ccccc3)c5N(Cc3ccccc3)Cc3ccccc3)C(N(Cc3ccccc3)Cc3ccccc3)=C4N(Cc3ccccc3)Cc3ccccc3)c(N(Cc3ccccc3)Cc3ccccc3)c2N(Cc2ccccc2)Cc2ccccc2)cc1. The third-order valence-electron chi connectivity index (χ3n) is 26.4. The maximum absolute atomic E-state index is 6.60. The van der Waals surface area contributed by atoms with Gasteiger partial charge in [-0.15, -0.1) is 0 Å². The van der Waals surface area contributed by atoms with Crippen molar-refractivity contribution in [2.45, 2.75) is 105 Å². The number of rotatable bonds is 40. The van der Waals surface area contributed by atoms with Crippen molar-refractivity contribution in [3.8, 4) is 0 Å². The van der Waals surface area contributed by atoms with E-state index in [9.17, 15) is 0 Å². The summed E-state index contributed by atoms with van der Waals surface area (Å²) in [5.41, 5.74) is 25.8. The molecule has 706 valence electrons. The predicted molar refractivity (Wildman–Crippen MR) is 585 cm³/mol. The van der Waals surface area contributed by atoms with Crippen LogP contribution < -0.4 is 19.6 Å². The number of nitrogens with zero attached hydrogens (tertiary/aromatic N) is 14. The molecule has 19 aromatic rings.